The van der Waals surface area contributed by atoms with Gasteiger partial charge in [0.25, 0.3) is 0 Å². The molecule has 7 heteroatoms. The van der Waals surface area contributed by atoms with Crippen molar-refractivity contribution in [3.05, 3.63) is 22.7 Å². The molecule has 0 spiro atoms. The molecule has 1 aliphatic heterocycles. The largest absolute Gasteiger partial charge is 0.495 e. The SMILES string of the molecule is COc1cc(Cl)c(C)cc1NC(=O)N(C)C1CCS(=O)CC1. The fourth-order valence-corrected chi connectivity index (χ4v) is 3.90. The number of hydrogen-bond donors (Lipinski definition) is 1. The molecule has 1 saturated heterocycles. The number of benzene rings is 1. The van der Waals surface area contributed by atoms with Gasteiger partial charge in [0.1, 0.15) is 5.75 Å². The highest BCUT2D eigenvalue weighted by Gasteiger charge is 2.25. The van der Waals surface area contributed by atoms with Crippen molar-refractivity contribution in [2.45, 2.75) is 25.8 Å². The highest BCUT2D eigenvalue weighted by Crippen LogP contribution is 2.31. The lowest BCUT2D eigenvalue weighted by Gasteiger charge is -2.31. The van der Waals surface area contributed by atoms with E-state index in [2.05, 4.69) is 5.32 Å². The van der Waals surface area contributed by atoms with Gasteiger partial charge >= 0.3 is 6.03 Å². The molecule has 0 saturated carbocycles. The second-order valence-corrected chi connectivity index (χ2v) is 7.53. The summed E-state index contributed by atoms with van der Waals surface area (Å²) < 4.78 is 16.7. The summed E-state index contributed by atoms with van der Waals surface area (Å²) in [6.07, 6.45) is 1.54. The molecule has 0 bridgehead atoms. The van der Waals surface area contributed by atoms with E-state index in [0.29, 0.717) is 28.0 Å². The summed E-state index contributed by atoms with van der Waals surface area (Å²) in [6, 6.07) is 3.41. The van der Waals surface area contributed by atoms with Gasteiger partial charge in [0.2, 0.25) is 0 Å². The van der Waals surface area contributed by atoms with Crippen molar-refractivity contribution >= 4 is 34.1 Å². The number of amides is 2. The summed E-state index contributed by atoms with van der Waals surface area (Å²) >= 11 is 6.07. The van der Waals surface area contributed by atoms with E-state index in [4.69, 9.17) is 16.3 Å². The number of carbonyl (C=O) groups excluding carboxylic acids is 1. The van der Waals surface area contributed by atoms with E-state index in [1.54, 1.807) is 24.1 Å². The number of carbonyl (C=O) groups is 1. The molecule has 22 heavy (non-hydrogen) atoms. The van der Waals surface area contributed by atoms with Gasteiger partial charge in [-0.1, -0.05) is 11.6 Å². The first-order valence-electron chi connectivity index (χ1n) is 7.15. The maximum atomic E-state index is 12.4. The monoisotopic (exact) mass is 344 g/mol. The molecule has 1 aromatic carbocycles. The van der Waals surface area contributed by atoms with Crippen molar-refractivity contribution in [1.29, 1.82) is 0 Å². The normalized spacial score (nSPS) is 21.3. The molecule has 2 rings (SSSR count). The molecule has 1 fully saturated rings. The van der Waals surface area contributed by atoms with Crippen molar-refractivity contribution in [2.75, 3.05) is 31.0 Å². The fraction of sp³-hybridized carbons (Fsp3) is 0.533. The van der Waals surface area contributed by atoms with E-state index in [1.807, 2.05) is 6.92 Å². The van der Waals surface area contributed by atoms with Crippen LogP contribution in [0.25, 0.3) is 0 Å². The fourth-order valence-electron chi connectivity index (χ4n) is 2.47. The Kier molecular flexibility index (Phi) is 5.69. The van der Waals surface area contributed by atoms with Crippen LogP contribution in [0.3, 0.4) is 0 Å². The Morgan fingerprint density at radius 2 is 2.05 bits per heavy atom. The van der Waals surface area contributed by atoms with Crippen LogP contribution in [0, 0.1) is 6.92 Å². The van der Waals surface area contributed by atoms with Crippen LogP contribution in [0.5, 0.6) is 5.75 Å². The van der Waals surface area contributed by atoms with E-state index in [0.717, 1.165) is 18.4 Å². The Morgan fingerprint density at radius 1 is 1.41 bits per heavy atom. The van der Waals surface area contributed by atoms with Crippen LogP contribution in [-0.4, -0.2) is 46.8 Å². The highest BCUT2D eigenvalue weighted by molar-refractivity contribution is 7.85. The topological polar surface area (TPSA) is 58.6 Å². The van der Waals surface area contributed by atoms with Gasteiger partial charge in [-0.2, -0.15) is 0 Å². The summed E-state index contributed by atoms with van der Waals surface area (Å²) in [5, 5.41) is 3.46. The second kappa shape index (κ2) is 7.33. The van der Waals surface area contributed by atoms with E-state index >= 15 is 0 Å². The molecule has 1 N–H and O–H groups in total. The zero-order valence-corrected chi connectivity index (χ0v) is 14.6. The van der Waals surface area contributed by atoms with Crippen LogP contribution in [0.2, 0.25) is 5.02 Å². The third kappa shape index (κ3) is 3.93. The lowest BCUT2D eigenvalue weighted by Crippen LogP contribution is -2.43. The van der Waals surface area contributed by atoms with Gasteiger partial charge in [-0.25, -0.2) is 4.79 Å². The molecule has 0 atom stereocenters. The zero-order valence-electron chi connectivity index (χ0n) is 13.0. The number of anilines is 1. The smallest absolute Gasteiger partial charge is 0.321 e. The van der Waals surface area contributed by atoms with Gasteiger partial charge < -0.3 is 15.0 Å². The minimum absolute atomic E-state index is 0.122. The summed E-state index contributed by atoms with van der Waals surface area (Å²) in [6.45, 7) is 1.87. The number of aryl methyl sites for hydroxylation is 1. The zero-order chi connectivity index (χ0) is 16.3. The number of hydrogen-bond acceptors (Lipinski definition) is 3. The number of nitrogens with one attached hydrogen (secondary N) is 1. The lowest BCUT2D eigenvalue weighted by molar-refractivity contribution is 0.199. The Morgan fingerprint density at radius 3 is 2.64 bits per heavy atom. The molecular formula is C15H21ClN2O3S. The predicted octanol–water partition coefficient (Wildman–Crippen LogP) is 3.03. The van der Waals surface area contributed by atoms with Gasteiger partial charge in [-0.3, -0.25) is 4.21 Å². The maximum Gasteiger partial charge on any atom is 0.321 e. The molecule has 1 aromatic rings. The van der Waals surface area contributed by atoms with Gasteiger partial charge in [-0.15, -0.1) is 0 Å². The van der Waals surface area contributed by atoms with Crippen molar-refractivity contribution in [3.63, 3.8) is 0 Å². The van der Waals surface area contributed by atoms with Crippen molar-refractivity contribution in [2.24, 2.45) is 0 Å². The summed E-state index contributed by atoms with van der Waals surface area (Å²) in [5.41, 5.74) is 1.47. The average molecular weight is 345 g/mol. The lowest BCUT2D eigenvalue weighted by atomic mass is 10.1. The molecule has 1 aliphatic rings. The number of methoxy groups -OCH3 is 1. The first kappa shape index (κ1) is 17.1. The second-order valence-electron chi connectivity index (χ2n) is 5.42. The first-order chi connectivity index (χ1) is 10.4. The van der Waals surface area contributed by atoms with Gasteiger partial charge in [0.15, 0.2) is 0 Å². The Balaban J connectivity index is 2.08. The summed E-state index contributed by atoms with van der Waals surface area (Å²) in [7, 11) is 2.57. The molecule has 122 valence electrons. The highest BCUT2D eigenvalue weighted by atomic mass is 35.5. The number of nitrogens with zero attached hydrogens (tertiary/aromatic N) is 1. The van der Waals surface area contributed by atoms with Crippen LogP contribution in [-0.2, 0) is 10.8 Å². The average Bonchev–Trinajstić information content (AvgIpc) is 2.50. The van der Waals surface area contributed by atoms with E-state index in [-0.39, 0.29) is 12.1 Å². The van der Waals surface area contributed by atoms with Crippen molar-refractivity contribution < 1.29 is 13.7 Å². The number of halogens is 1. The Hall–Kier alpha value is -1.27. The molecule has 1 heterocycles. The van der Waals surface area contributed by atoms with Gasteiger partial charge in [0.05, 0.1) is 12.8 Å². The van der Waals surface area contributed by atoms with Gasteiger partial charge in [0, 0.05) is 46.5 Å². The van der Waals surface area contributed by atoms with Crippen LogP contribution in [0.1, 0.15) is 18.4 Å². The van der Waals surface area contributed by atoms with Crippen LogP contribution >= 0.6 is 11.6 Å². The molecule has 0 radical (unpaired) electrons. The molecule has 2 amide bonds. The van der Waals surface area contributed by atoms with E-state index < -0.39 is 10.8 Å². The van der Waals surface area contributed by atoms with Crippen molar-refractivity contribution in [3.8, 4) is 5.75 Å². The van der Waals surface area contributed by atoms with Crippen LogP contribution < -0.4 is 10.1 Å². The minimum Gasteiger partial charge on any atom is -0.495 e. The first-order valence-corrected chi connectivity index (χ1v) is 9.02. The molecule has 0 aliphatic carbocycles. The standard InChI is InChI=1S/C15H21ClN2O3S/c1-10-8-13(14(21-3)9-12(10)16)17-15(19)18(2)11-4-6-22(20)7-5-11/h8-9,11H,4-7H2,1-3H3,(H,17,19). The third-order valence-electron chi connectivity index (χ3n) is 3.95. The Bertz CT molecular complexity index is 584. The van der Waals surface area contributed by atoms with E-state index in [9.17, 15) is 9.00 Å². The maximum absolute atomic E-state index is 12.4. The Labute approximate surface area is 138 Å². The predicted molar refractivity (Wildman–Crippen MR) is 90.4 cm³/mol. The molecule has 0 aromatic heterocycles. The summed E-state index contributed by atoms with van der Waals surface area (Å²) in [5.74, 6) is 1.85. The van der Waals surface area contributed by atoms with Crippen LogP contribution in [0.4, 0.5) is 10.5 Å². The number of ether oxygens (including phenoxy) is 1. The van der Waals surface area contributed by atoms with Gasteiger partial charge in [-0.05, 0) is 31.4 Å². The minimum atomic E-state index is -0.732. The quantitative estimate of drug-likeness (QED) is 0.916. The number of urea groups is 1. The summed E-state index contributed by atoms with van der Waals surface area (Å²) in [4.78, 5) is 14.1. The molecule has 0 unspecified atom stereocenters. The number of rotatable bonds is 3. The molecule has 5 nitrogen and oxygen atoms in total. The third-order valence-corrected chi connectivity index (χ3v) is 5.74. The van der Waals surface area contributed by atoms with E-state index in [1.165, 1.54) is 7.11 Å². The van der Waals surface area contributed by atoms with Crippen molar-refractivity contribution in [1.82, 2.24) is 4.90 Å². The molecular weight excluding hydrogens is 324 g/mol. The van der Waals surface area contributed by atoms with Crippen LogP contribution in [0.15, 0.2) is 12.1 Å².